The first kappa shape index (κ1) is 15.8. The van der Waals surface area contributed by atoms with Crippen LogP contribution in [0.3, 0.4) is 0 Å². The number of esters is 1. The van der Waals surface area contributed by atoms with Gasteiger partial charge in [-0.2, -0.15) is 25.3 Å². The smallest absolute Gasteiger partial charge is 0.303 e. The molecule has 16 heavy (non-hydrogen) atoms. The van der Waals surface area contributed by atoms with E-state index in [4.69, 9.17) is 9.47 Å². The van der Waals surface area contributed by atoms with Gasteiger partial charge in [-0.1, -0.05) is 0 Å². The number of carbonyl (C=O) groups excluding carboxylic acids is 2. The standard InChI is InChI=1S/C10H18O4S2/c1-7(11)10(3-4-15)13-5-9(6-16)14-8(2)12/h9-10,15-16H,3-6H2,1-2H3/t9?,10-/m0/s1. The van der Waals surface area contributed by atoms with Gasteiger partial charge in [-0.25, -0.2) is 0 Å². The second-order valence-electron chi connectivity index (χ2n) is 3.36. The lowest BCUT2D eigenvalue weighted by atomic mass is 10.2. The molecule has 94 valence electrons. The van der Waals surface area contributed by atoms with Gasteiger partial charge in [0.1, 0.15) is 12.2 Å². The molecule has 6 heteroatoms. The fourth-order valence-corrected chi connectivity index (χ4v) is 1.52. The highest BCUT2D eigenvalue weighted by molar-refractivity contribution is 7.80. The van der Waals surface area contributed by atoms with E-state index in [2.05, 4.69) is 25.3 Å². The summed E-state index contributed by atoms with van der Waals surface area (Å²) < 4.78 is 10.3. The molecular formula is C10H18O4S2. The Morgan fingerprint density at radius 2 is 1.88 bits per heavy atom. The first-order valence-corrected chi connectivity index (χ1v) is 6.28. The van der Waals surface area contributed by atoms with Crippen molar-refractivity contribution in [1.82, 2.24) is 0 Å². The molecule has 0 aromatic carbocycles. The summed E-state index contributed by atoms with van der Waals surface area (Å²) in [5, 5.41) is 0. The summed E-state index contributed by atoms with van der Waals surface area (Å²) in [5.74, 6) is 0.514. The summed E-state index contributed by atoms with van der Waals surface area (Å²) in [6.45, 7) is 2.98. The van der Waals surface area contributed by atoms with Crippen LogP contribution in [-0.2, 0) is 19.1 Å². The fraction of sp³-hybridized carbons (Fsp3) is 0.800. The molecule has 0 amide bonds. The Kier molecular flexibility index (Phi) is 8.78. The normalized spacial score (nSPS) is 14.2. The number of ether oxygens (including phenoxy) is 2. The van der Waals surface area contributed by atoms with Crippen molar-refractivity contribution in [2.24, 2.45) is 0 Å². The average Bonchev–Trinajstić information content (AvgIpc) is 2.21. The summed E-state index contributed by atoms with van der Waals surface area (Å²) in [6, 6.07) is 0. The van der Waals surface area contributed by atoms with Gasteiger partial charge in [0.05, 0.1) is 6.61 Å². The van der Waals surface area contributed by atoms with E-state index in [-0.39, 0.29) is 18.4 Å². The summed E-state index contributed by atoms with van der Waals surface area (Å²) in [6.07, 6.45) is -0.337. The number of thiol groups is 2. The van der Waals surface area contributed by atoms with Crippen LogP contribution in [0.1, 0.15) is 20.3 Å². The van der Waals surface area contributed by atoms with Gasteiger partial charge in [0.25, 0.3) is 0 Å². The maximum atomic E-state index is 11.2. The first-order valence-electron chi connectivity index (χ1n) is 5.02. The Morgan fingerprint density at radius 1 is 1.25 bits per heavy atom. The van der Waals surface area contributed by atoms with Crippen LogP contribution in [0, 0.1) is 0 Å². The molecule has 0 rings (SSSR count). The molecule has 1 unspecified atom stereocenters. The molecule has 0 heterocycles. The SMILES string of the molecule is CC(=O)OC(CS)CO[C@@H](CCS)C(C)=O. The highest BCUT2D eigenvalue weighted by atomic mass is 32.1. The van der Waals surface area contributed by atoms with Crippen molar-refractivity contribution in [3.8, 4) is 0 Å². The van der Waals surface area contributed by atoms with Crippen molar-refractivity contribution in [1.29, 1.82) is 0 Å². The maximum Gasteiger partial charge on any atom is 0.303 e. The molecule has 0 spiro atoms. The van der Waals surface area contributed by atoms with Crippen molar-refractivity contribution in [2.75, 3.05) is 18.1 Å². The molecular weight excluding hydrogens is 248 g/mol. The highest BCUT2D eigenvalue weighted by Crippen LogP contribution is 2.05. The fourth-order valence-electron chi connectivity index (χ4n) is 1.10. The van der Waals surface area contributed by atoms with Crippen LogP contribution in [0.5, 0.6) is 0 Å². The highest BCUT2D eigenvalue weighted by Gasteiger charge is 2.17. The van der Waals surface area contributed by atoms with Crippen molar-refractivity contribution < 1.29 is 19.1 Å². The second-order valence-corrected chi connectivity index (χ2v) is 4.17. The van der Waals surface area contributed by atoms with E-state index in [1.54, 1.807) is 0 Å². The number of carbonyl (C=O) groups is 2. The minimum absolute atomic E-state index is 0.0465. The van der Waals surface area contributed by atoms with E-state index in [0.29, 0.717) is 17.9 Å². The van der Waals surface area contributed by atoms with Gasteiger partial charge in [-0.05, 0) is 19.1 Å². The third-order valence-corrected chi connectivity index (χ3v) is 2.53. The van der Waals surface area contributed by atoms with Crippen LogP contribution in [-0.4, -0.2) is 42.1 Å². The number of rotatable bonds is 8. The summed E-state index contributed by atoms with van der Waals surface area (Å²) in [7, 11) is 0. The van der Waals surface area contributed by atoms with Crippen molar-refractivity contribution in [3.63, 3.8) is 0 Å². The number of hydrogen-bond donors (Lipinski definition) is 2. The Labute approximate surface area is 107 Å². The zero-order chi connectivity index (χ0) is 12.6. The van der Waals surface area contributed by atoms with Crippen LogP contribution in [0.2, 0.25) is 0 Å². The van der Waals surface area contributed by atoms with E-state index in [1.807, 2.05) is 0 Å². The van der Waals surface area contributed by atoms with Crippen LogP contribution in [0.25, 0.3) is 0 Å². The second kappa shape index (κ2) is 8.90. The van der Waals surface area contributed by atoms with Crippen LogP contribution >= 0.6 is 25.3 Å². The lowest BCUT2D eigenvalue weighted by Gasteiger charge is -2.19. The van der Waals surface area contributed by atoms with E-state index in [9.17, 15) is 9.59 Å². The van der Waals surface area contributed by atoms with Crippen LogP contribution in [0.15, 0.2) is 0 Å². The molecule has 0 aromatic heterocycles. The monoisotopic (exact) mass is 266 g/mol. The van der Waals surface area contributed by atoms with Crippen molar-refractivity contribution in [3.05, 3.63) is 0 Å². The molecule has 0 fully saturated rings. The molecule has 0 bridgehead atoms. The largest absolute Gasteiger partial charge is 0.459 e. The average molecular weight is 266 g/mol. The summed E-state index contributed by atoms with van der Waals surface area (Å²) in [5.41, 5.74) is 0. The van der Waals surface area contributed by atoms with Gasteiger partial charge in [0, 0.05) is 12.7 Å². The first-order chi connectivity index (χ1) is 7.51. The number of ketones is 1. The van der Waals surface area contributed by atoms with E-state index < -0.39 is 12.2 Å². The summed E-state index contributed by atoms with van der Waals surface area (Å²) in [4.78, 5) is 21.9. The predicted molar refractivity (Wildman–Crippen MR) is 68.3 cm³/mol. The topological polar surface area (TPSA) is 52.6 Å². The van der Waals surface area contributed by atoms with Gasteiger partial charge in [-0.15, -0.1) is 0 Å². The Bertz CT molecular complexity index is 233. The van der Waals surface area contributed by atoms with Gasteiger partial charge >= 0.3 is 5.97 Å². The van der Waals surface area contributed by atoms with Gasteiger partial charge < -0.3 is 9.47 Å². The Hall–Kier alpha value is -0.200. The molecule has 2 atom stereocenters. The zero-order valence-electron chi connectivity index (χ0n) is 9.51. The molecule has 0 aliphatic heterocycles. The molecule has 0 saturated carbocycles. The molecule has 0 N–H and O–H groups in total. The van der Waals surface area contributed by atoms with E-state index in [0.717, 1.165) is 0 Å². The van der Waals surface area contributed by atoms with Crippen molar-refractivity contribution in [2.45, 2.75) is 32.5 Å². The van der Waals surface area contributed by atoms with Crippen LogP contribution < -0.4 is 0 Å². The summed E-state index contributed by atoms with van der Waals surface area (Å²) >= 11 is 8.08. The zero-order valence-corrected chi connectivity index (χ0v) is 11.3. The Morgan fingerprint density at radius 3 is 2.25 bits per heavy atom. The number of hydrogen-bond acceptors (Lipinski definition) is 6. The molecule has 0 aliphatic carbocycles. The minimum Gasteiger partial charge on any atom is -0.459 e. The van der Waals surface area contributed by atoms with Gasteiger partial charge in [-0.3, -0.25) is 9.59 Å². The quantitative estimate of drug-likeness (QED) is 0.511. The number of Topliss-reactive ketones (excluding diaryl/α,β-unsaturated/α-hetero) is 1. The maximum absolute atomic E-state index is 11.2. The van der Waals surface area contributed by atoms with Crippen LogP contribution in [0.4, 0.5) is 0 Å². The third-order valence-electron chi connectivity index (χ3n) is 1.86. The van der Waals surface area contributed by atoms with Crippen molar-refractivity contribution >= 4 is 37.0 Å². The minimum atomic E-state index is -0.476. The lowest BCUT2D eigenvalue weighted by molar-refractivity contribution is -0.150. The lowest BCUT2D eigenvalue weighted by Crippen LogP contribution is -2.30. The predicted octanol–water partition coefficient (Wildman–Crippen LogP) is 1.14. The molecule has 4 nitrogen and oxygen atoms in total. The van der Waals surface area contributed by atoms with E-state index in [1.165, 1.54) is 13.8 Å². The Balaban J connectivity index is 4.05. The molecule has 0 aromatic rings. The van der Waals surface area contributed by atoms with E-state index >= 15 is 0 Å². The molecule has 0 radical (unpaired) electrons. The molecule has 0 aliphatic rings. The van der Waals surface area contributed by atoms with Gasteiger partial charge in [0.2, 0.25) is 0 Å². The third kappa shape index (κ3) is 7.14. The molecule has 0 saturated heterocycles. The van der Waals surface area contributed by atoms with Gasteiger partial charge in [0.15, 0.2) is 5.78 Å².